The van der Waals surface area contributed by atoms with Gasteiger partial charge < -0.3 is 11.1 Å². The van der Waals surface area contributed by atoms with Crippen molar-refractivity contribution >= 4 is 22.8 Å². The van der Waals surface area contributed by atoms with Crippen molar-refractivity contribution in [3.8, 4) is 5.69 Å². The fourth-order valence-electron chi connectivity index (χ4n) is 3.67. The van der Waals surface area contributed by atoms with Crippen LogP contribution < -0.4 is 11.1 Å². The van der Waals surface area contributed by atoms with Crippen molar-refractivity contribution < 1.29 is 4.79 Å². The SMILES string of the molecule is Cn1nc(C(=O)NCc2ccc(-n3ncc4c(N)ncnc43)cc2)cc1Cc1ccccc1. The molecule has 3 heterocycles. The highest BCUT2D eigenvalue weighted by atomic mass is 16.1. The predicted molar refractivity (Wildman–Crippen MR) is 125 cm³/mol. The van der Waals surface area contributed by atoms with Gasteiger partial charge in [-0.2, -0.15) is 10.2 Å². The van der Waals surface area contributed by atoms with Gasteiger partial charge in [0, 0.05) is 25.7 Å². The van der Waals surface area contributed by atoms with Crippen molar-refractivity contribution in [2.75, 3.05) is 5.73 Å². The number of nitrogen functional groups attached to an aromatic ring is 1. The minimum absolute atomic E-state index is 0.209. The number of hydrogen-bond acceptors (Lipinski definition) is 6. The molecule has 2 aromatic carbocycles. The zero-order valence-corrected chi connectivity index (χ0v) is 18.0. The Balaban J connectivity index is 1.25. The van der Waals surface area contributed by atoms with Crippen LogP contribution in [-0.2, 0) is 20.0 Å². The van der Waals surface area contributed by atoms with Crippen LogP contribution in [0, 0.1) is 0 Å². The second-order valence-electron chi connectivity index (χ2n) is 7.71. The third-order valence-corrected chi connectivity index (χ3v) is 5.47. The van der Waals surface area contributed by atoms with Crippen molar-refractivity contribution in [1.82, 2.24) is 34.8 Å². The van der Waals surface area contributed by atoms with Crippen LogP contribution in [0.4, 0.5) is 5.82 Å². The Morgan fingerprint density at radius 2 is 1.82 bits per heavy atom. The number of hydrogen-bond donors (Lipinski definition) is 2. The molecule has 33 heavy (non-hydrogen) atoms. The van der Waals surface area contributed by atoms with Gasteiger partial charge in [0.25, 0.3) is 5.91 Å². The maximum atomic E-state index is 12.6. The van der Waals surface area contributed by atoms with Crippen LogP contribution in [0.5, 0.6) is 0 Å². The standard InChI is InChI=1S/C24H22N8O/c1-31-19(11-16-5-3-2-4-6-16)12-21(30-31)24(33)26-13-17-7-9-18(10-8-17)32-23-20(14-29-32)22(25)27-15-28-23/h2-10,12,14-15H,11,13H2,1H3,(H,26,33)(H2,25,27,28). The summed E-state index contributed by atoms with van der Waals surface area (Å²) in [7, 11) is 1.85. The van der Waals surface area contributed by atoms with E-state index >= 15 is 0 Å². The van der Waals surface area contributed by atoms with Crippen LogP contribution in [0.1, 0.15) is 27.3 Å². The zero-order valence-electron chi connectivity index (χ0n) is 18.0. The molecule has 0 aliphatic rings. The van der Waals surface area contributed by atoms with Gasteiger partial charge >= 0.3 is 0 Å². The lowest BCUT2D eigenvalue weighted by atomic mass is 10.1. The van der Waals surface area contributed by atoms with Gasteiger partial charge in [-0.05, 0) is 29.3 Å². The lowest BCUT2D eigenvalue weighted by Crippen LogP contribution is -2.23. The molecule has 9 heteroatoms. The van der Waals surface area contributed by atoms with Gasteiger partial charge in [-0.25, -0.2) is 14.6 Å². The number of amides is 1. The number of nitrogens with one attached hydrogen (secondary N) is 1. The number of rotatable bonds is 6. The third kappa shape index (κ3) is 4.16. The largest absolute Gasteiger partial charge is 0.383 e. The Labute approximate surface area is 189 Å². The molecule has 0 aliphatic heterocycles. The number of anilines is 1. The lowest BCUT2D eigenvalue weighted by molar-refractivity contribution is 0.0945. The molecule has 164 valence electrons. The Hall–Kier alpha value is -4.53. The maximum Gasteiger partial charge on any atom is 0.272 e. The third-order valence-electron chi connectivity index (χ3n) is 5.47. The first-order valence-electron chi connectivity index (χ1n) is 10.5. The summed E-state index contributed by atoms with van der Waals surface area (Å²) < 4.78 is 3.46. The quantitative estimate of drug-likeness (QED) is 0.421. The monoisotopic (exact) mass is 438 g/mol. The molecule has 5 aromatic rings. The highest BCUT2D eigenvalue weighted by Crippen LogP contribution is 2.19. The molecule has 0 saturated carbocycles. The van der Waals surface area contributed by atoms with Crippen LogP contribution in [0.25, 0.3) is 16.7 Å². The van der Waals surface area contributed by atoms with E-state index in [-0.39, 0.29) is 5.91 Å². The molecule has 5 rings (SSSR count). The fraction of sp³-hybridized carbons (Fsp3) is 0.125. The van der Waals surface area contributed by atoms with E-state index in [0.29, 0.717) is 29.1 Å². The van der Waals surface area contributed by atoms with Crippen molar-refractivity contribution in [2.45, 2.75) is 13.0 Å². The number of benzene rings is 2. The van der Waals surface area contributed by atoms with E-state index in [0.717, 1.165) is 23.4 Å². The second kappa shape index (κ2) is 8.54. The topological polar surface area (TPSA) is 117 Å². The zero-order chi connectivity index (χ0) is 22.8. The van der Waals surface area contributed by atoms with Gasteiger partial charge in [-0.3, -0.25) is 9.48 Å². The summed E-state index contributed by atoms with van der Waals surface area (Å²) in [5, 5.41) is 12.4. The normalized spacial score (nSPS) is 11.1. The molecule has 0 bridgehead atoms. The summed E-state index contributed by atoms with van der Waals surface area (Å²) >= 11 is 0. The molecular formula is C24H22N8O. The average molecular weight is 438 g/mol. The predicted octanol–water partition coefficient (Wildman–Crippen LogP) is 2.65. The molecule has 0 atom stereocenters. The number of nitrogens with zero attached hydrogens (tertiary/aromatic N) is 6. The molecule has 1 amide bonds. The van der Waals surface area contributed by atoms with Gasteiger partial charge in [0.1, 0.15) is 17.8 Å². The minimum Gasteiger partial charge on any atom is -0.383 e. The van der Waals surface area contributed by atoms with Crippen molar-refractivity contribution in [1.29, 1.82) is 0 Å². The van der Waals surface area contributed by atoms with E-state index in [1.807, 2.05) is 55.6 Å². The Bertz CT molecular complexity index is 1420. The van der Waals surface area contributed by atoms with Crippen molar-refractivity contribution in [2.24, 2.45) is 7.05 Å². The molecule has 0 aliphatic carbocycles. The van der Waals surface area contributed by atoms with E-state index in [1.54, 1.807) is 15.6 Å². The molecule has 3 N–H and O–H groups in total. The number of aromatic nitrogens is 6. The Morgan fingerprint density at radius 3 is 2.61 bits per heavy atom. The lowest BCUT2D eigenvalue weighted by Gasteiger charge is -2.06. The minimum atomic E-state index is -0.209. The first-order valence-corrected chi connectivity index (χ1v) is 10.5. The smallest absolute Gasteiger partial charge is 0.272 e. The van der Waals surface area contributed by atoms with Crippen molar-refractivity contribution in [3.05, 3.63) is 95.7 Å². The van der Waals surface area contributed by atoms with Gasteiger partial charge in [0.05, 0.1) is 17.3 Å². The van der Waals surface area contributed by atoms with Gasteiger partial charge in [-0.1, -0.05) is 42.5 Å². The van der Waals surface area contributed by atoms with Gasteiger partial charge in [0.2, 0.25) is 0 Å². The van der Waals surface area contributed by atoms with E-state index in [2.05, 4.69) is 37.6 Å². The number of nitrogens with two attached hydrogens (primary N) is 1. The van der Waals surface area contributed by atoms with Crippen LogP contribution in [0.15, 0.2) is 73.2 Å². The van der Waals surface area contributed by atoms with Crippen molar-refractivity contribution in [3.63, 3.8) is 0 Å². The molecule has 0 unspecified atom stereocenters. The molecule has 0 radical (unpaired) electrons. The van der Waals surface area contributed by atoms with E-state index in [1.165, 1.54) is 11.9 Å². The van der Waals surface area contributed by atoms with Crippen LogP contribution in [-0.4, -0.2) is 35.4 Å². The van der Waals surface area contributed by atoms with Crippen LogP contribution >= 0.6 is 0 Å². The van der Waals surface area contributed by atoms with E-state index in [4.69, 9.17) is 5.73 Å². The maximum absolute atomic E-state index is 12.6. The molecule has 0 spiro atoms. The number of fused-ring (bicyclic) bond motifs is 1. The first kappa shape index (κ1) is 20.4. The summed E-state index contributed by atoms with van der Waals surface area (Å²) in [6, 6.07) is 19.7. The van der Waals surface area contributed by atoms with E-state index in [9.17, 15) is 4.79 Å². The molecule has 3 aromatic heterocycles. The summed E-state index contributed by atoms with van der Waals surface area (Å²) in [5.41, 5.74) is 10.9. The summed E-state index contributed by atoms with van der Waals surface area (Å²) in [6.45, 7) is 0.388. The summed E-state index contributed by atoms with van der Waals surface area (Å²) in [6.07, 6.45) is 3.79. The number of aryl methyl sites for hydroxylation is 1. The number of carbonyl (C=O) groups is 1. The van der Waals surface area contributed by atoms with Gasteiger partial charge in [-0.15, -0.1) is 0 Å². The molecular weight excluding hydrogens is 416 g/mol. The fourth-order valence-corrected chi connectivity index (χ4v) is 3.67. The van der Waals surface area contributed by atoms with Crippen LogP contribution in [0.2, 0.25) is 0 Å². The van der Waals surface area contributed by atoms with Crippen LogP contribution in [0.3, 0.4) is 0 Å². The first-order chi connectivity index (χ1) is 16.1. The molecule has 0 saturated heterocycles. The summed E-state index contributed by atoms with van der Waals surface area (Å²) in [4.78, 5) is 20.9. The number of carbonyl (C=O) groups excluding carboxylic acids is 1. The molecule has 0 fully saturated rings. The average Bonchev–Trinajstić information content (AvgIpc) is 3.43. The van der Waals surface area contributed by atoms with Gasteiger partial charge in [0.15, 0.2) is 5.65 Å². The highest BCUT2D eigenvalue weighted by Gasteiger charge is 2.13. The second-order valence-corrected chi connectivity index (χ2v) is 7.71. The Kier molecular flexibility index (Phi) is 5.27. The molecule has 9 nitrogen and oxygen atoms in total. The summed E-state index contributed by atoms with van der Waals surface area (Å²) in [5.74, 6) is 0.186. The highest BCUT2D eigenvalue weighted by molar-refractivity contribution is 5.92. The Morgan fingerprint density at radius 1 is 1.03 bits per heavy atom. The van der Waals surface area contributed by atoms with E-state index < -0.39 is 0 Å².